The third-order valence-corrected chi connectivity index (χ3v) is 4.35. The van der Waals surface area contributed by atoms with Crippen molar-refractivity contribution in [3.05, 3.63) is 33.6 Å². The predicted molar refractivity (Wildman–Crippen MR) is 105 cm³/mol. The van der Waals surface area contributed by atoms with E-state index in [1.807, 2.05) is 34.6 Å². The molecule has 1 aromatic rings. The first-order valence-corrected chi connectivity index (χ1v) is 9.40. The number of benzene rings is 1. The van der Waals surface area contributed by atoms with Crippen LogP contribution in [0.15, 0.2) is 12.1 Å². The number of carbonyl (C=O) groups is 1. The van der Waals surface area contributed by atoms with Crippen LogP contribution < -0.4 is 4.90 Å². The molecule has 0 fully saturated rings. The quantitative estimate of drug-likeness (QED) is 0.327. The second-order valence-electron chi connectivity index (χ2n) is 7.71. The van der Waals surface area contributed by atoms with Gasteiger partial charge in [-0.2, -0.15) is 0 Å². The van der Waals surface area contributed by atoms with Crippen molar-refractivity contribution in [2.75, 3.05) is 25.1 Å². The molecule has 152 valence electrons. The molecular formula is C20H31FN2O4. The van der Waals surface area contributed by atoms with Crippen LogP contribution in [-0.4, -0.2) is 31.1 Å². The Morgan fingerprint density at radius 1 is 1.22 bits per heavy atom. The van der Waals surface area contributed by atoms with E-state index in [1.54, 1.807) is 4.90 Å². The van der Waals surface area contributed by atoms with Crippen LogP contribution in [0.5, 0.6) is 0 Å². The average Bonchev–Trinajstić information content (AvgIpc) is 2.57. The van der Waals surface area contributed by atoms with Crippen molar-refractivity contribution in [3.8, 4) is 0 Å². The van der Waals surface area contributed by atoms with Crippen LogP contribution in [0.4, 0.5) is 15.8 Å². The van der Waals surface area contributed by atoms with Gasteiger partial charge in [-0.25, -0.2) is 4.39 Å². The van der Waals surface area contributed by atoms with Crippen LogP contribution in [0.1, 0.15) is 58.9 Å². The molecule has 1 unspecified atom stereocenters. The van der Waals surface area contributed by atoms with Gasteiger partial charge in [0.05, 0.1) is 18.5 Å². The molecule has 7 heteroatoms. The number of nitro groups is 1. The van der Waals surface area contributed by atoms with E-state index in [1.165, 1.54) is 19.2 Å². The number of nitro benzene ring substituents is 1. The molecule has 1 aromatic carbocycles. The standard InChI is InChI=1S/C20H31FN2O4/c1-7-15(10-19(24)27-6)16-8-17(21)20(18(9-16)23(25)26)22(11-13(2)3)12-14(4)5/h8-9,13-15H,7,10-12H2,1-6H3. The van der Waals surface area contributed by atoms with Gasteiger partial charge in [-0.05, 0) is 35.8 Å². The average molecular weight is 382 g/mol. The molecule has 27 heavy (non-hydrogen) atoms. The maximum atomic E-state index is 15.1. The number of nitrogens with zero attached hydrogens (tertiary/aromatic N) is 2. The fraction of sp³-hybridized carbons (Fsp3) is 0.650. The highest BCUT2D eigenvalue weighted by molar-refractivity contribution is 5.71. The molecule has 0 radical (unpaired) electrons. The minimum Gasteiger partial charge on any atom is -0.469 e. The molecule has 0 N–H and O–H groups in total. The lowest BCUT2D eigenvalue weighted by Gasteiger charge is -2.29. The van der Waals surface area contributed by atoms with Gasteiger partial charge < -0.3 is 9.64 Å². The number of hydrogen-bond acceptors (Lipinski definition) is 5. The highest BCUT2D eigenvalue weighted by Crippen LogP contribution is 2.37. The van der Waals surface area contributed by atoms with E-state index in [4.69, 9.17) is 0 Å². The van der Waals surface area contributed by atoms with E-state index < -0.39 is 16.7 Å². The summed E-state index contributed by atoms with van der Waals surface area (Å²) in [5, 5.41) is 11.7. The van der Waals surface area contributed by atoms with Crippen LogP contribution in [0, 0.1) is 27.8 Å². The molecule has 0 saturated heterocycles. The molecule has 1 rings (SSSR count). The molecular weight excluding hydrogens is 351 g/mol. The van der Waals surface area contributed by atoms with Crippen molar-refractivity contribution >= 4 is 17.3 Å². The van der Waals surface area contributed by atoms with Crippen LogP contribution >= 0.6 is 0 Å². The Morgan fingerprint density at radius 2 is 1.78 bits per heavy atom. The van der Waals surface area contributed by atoms with E-state index in [9.17, 15) is 14.9 Å². The molecule has 0 aliphatic rings. The first kappa shape index (κ1) is 22.9. The first-order chi connectivity index (χ1) is 12.6. The van der Waals surface area contributed by atoms with Crippen molar-refractivity contribution in [2.45, 2.75) is 53.4 Å². The number of hydrogen-bond donors (Lipinski definition) is 0. The van der Waals surface area contributed by atoms with Crippen LogP contribution in [0.3, 0.4) is 0 Å². The lowest BCUT2D eigenvalue weighted by Crippen LogP contribution is -2.32. The maximum absolute atomic E-state index is 15.1. The Balaban J connectivity index is 3.45. The third kappa shape index (κ3) is 6.48. The van der Waals surface area contributed by atoms with Crippen LogP contribution in [-0.2, 0) is 9.53 Å². The zero-order valence-corrected chi connectivity index (χ0v) is 17.1. The zero-order valence-electron chi connectivity index (χ0n) is 17.1. The van der Waals surface area contributed by atoms with Crippen molar-refractivity contribution < 1.29 is 18.8 Å². The number of anilines is 1. The van der Waals surface area contributed by atoms with Crippen molar-refractivity contribution in [1.82, 2.24) is 0 Å². The Kier molecular flexibility index (Phi) is 8.66. The Bertz CT molecular complexity index is 652. The summed E-state index contributed by atoms with van der Waals surface area (Å²) in [4.78, 5) is 24.5. The number of halogens is 1. The van der Waals surface area contributed by atoms with Gasteiger partial charge in [-0.1, -0.05) is 34.6 Å². The van der Waals surface area contributed by atoms with E-state index in [0.717, 1.165) is 0 Å². The Labute approximate surface area is 160 Å². The summed E-state index contributed by atoms with van der Waals surface area (Å²) in [6.45, 7) is 10.9. The zero-order chi connectivity index (χ0) is 20.7. The number of methoxy groups -OCH3 is 1. The van der Waals surface area contributed by atoms with Crippen molar-refractivity contribution in [2.24, 2.45) is 11.8 Å². The maximum Gasteiger partial charge on any atom is 0.306 e. The monoisotopic (exact) mass is 382 g/mol. The van der Waals surface area contributed by atoms with Crippen molar-refractivity contribution in [3.63, 3.8) is 0 Å². The highest BCUT2D eigenvalue weighted by atomic mass is 19.1. The van der Waals surface area contributed by atoms with Crippen molar-refractivity contribution in [1.29, 1.82) is 0 Å². The molecule has 0 aliphatic carbocycles. The van der Waals surface area contributed by atoms with E-state index in [-0.39, 0.29) is 35.5 Å². The van der Waals surface area contributed by atoms with Gasteiger partial charge in [0.25, 0.3) is 5.69 Å². The largest absolute Gasteiger partial charge is 0.469 e. The molecule has 0 heterocycles. The van der Waals surface area contributed by atoms with E-state index in [0.29, 0.717) is 25.1 Å². The molecule has 0 saturated carbocycles. The smallest absolute Gasteiger partial charge is 0.306 e. The SMILES string of the molecule is CCC(CC(=O)OC)c1cc(F)c(N(CC(C)C)CC(C)C)c([N+](=O)[O-])c1. The first-order valence-electron chi connectivity index (χ1n) is 9.40. The van der Waals surface area contributed by atoms with Gasteiger partial charge in [0.15, 0.2) is 11.5 Å². The lowest BCUT2D eigenvalue weighted by atomic mass is 9.92. The summed E-state index contributed by atoms with van der Waals surface area (Å²) >= 11 is 0. The number of rotatable bonds is 10. The molecule has 0 spiro atoms. The van der Waals surface area contributed by atoms with Gasteiger partial charge in [-0.3, -0.25) is 14.9 Å². The number of carbonyl (C=O) groups excluding carboxylic acids is 1. The lowest BCUT2D eigenvalue weighted by molar-refractivity contribution is -0.384. The molecule has 0 aromatic heterocycles. The molecule has 1 atom stereocenters. The second-order valence-corrected chi connectivity index (χ2v) is 7.71. The summed E-state index contributed by atoms with van der Waals surface area (Å²) in [5.74, 6) is -0.919. The molecule has 0 bridgehead atoms. The van der Waals surface area contributed by atoms with Gasteiger partial charge >= 0.3 is 5.97 Å². The molecule has 0 aliphatic heterocycles. The summed E-state index contributed by atoms with van der Waals surface area (Å²) in [5.41, 5.74) is 0.221. The van der Waals surface area contributed by atoms with Gasteiger partial charge in [0.2, 0.25) is 0 Å². The van der Waals surface area contributed by atoms with Crippen LogP contribution in [0.25, 0.3) is 0 Å². The normalized spacial score (nSPS) is 12.3. The molecule has 6 nitrogen and oxygen atoms in total. The molecule has 0 amide bonds. The summed E-state index contributed by atoms with van der Waals surface area (Å²) in [6.07, 6.45) is 0.609. The minimum absolute atomic E-state index is 0.0269. The summed E-state index contributed by atoms with van der Waals surface area (Å²) < 4.78 is 19.8. The minimum atomic E-state index is -0.621. The summed E-state index contributed by atoms with van der Waals surface area (Å²) in [7, 11) is 1.29. The predicted octanol–water partition coefficient (Wildman–Crippen LogP) is 4.91. The topological polar surface area (TPSA) is 72.7 Å². The Morgan fingerprint density at radius 3 is 2.19 bits per heavy atom. The second kappa shape index (κ2) is 10.2. The number of ether oxygens (including phenoxy) is 1. The van der Waals surface area contributed by atoms with Gasteiger partial charge in [0.1, 0.15) is 0 Å². The fourth-order valence-electron chi connectivity index (χ4n) is 3.21. The van der Waals surface area contributed by atoms with Gasteiger partial charge in [0, 0.05) is 19.2 Å². The highest BCUT2D eigenvalue weighted by Gasteiger charge is 2.28. The van der Waals surface area contributed by atoms with E-state index in [2.05, 4.69) is 4.74 Å². The van der Waals surface area contributed by atoms with Gasteiger partial charge in [-0.15, -0.1) is 0 Å². The van der Waals surface area contributed by atoms with Crippen LogP contribution in [0.2, 0.25) is 0 Å². The number of esters is 1. The Hall–Kier alpha value is -2.18. The fourth-order valence-corrected chi connectivity index (χ4v) is 3.21. The summed E-state index contributed by atoms with van der Waals surface area (Å²) in [6, 6.07) is 2.73. The van der Waals surface area contributed by atoms with E-state index >= 15 is 4.39 Å². The third-order valence-electron chi connectivity index (χ3n) is 4.35.